The lowest BCUT2D eigenvalue weighted by Gasteiger charge is -2.02. The summed E-state index contributed by atoms with van der Waals surface area (Å²) in [6.07, 6.45) is 6.78. The molecule has 0 heterocycles. The minimum atomic E-state index is -0.981. The van der Waals surface area contributed by atoms with E-state index in [1.165, 1.54) is 19.3 Å². The molecule has 0 spiro atoms. The summed E-state index contributed by atoms with van der Waals surface area (Å²) in [4.78, 5) is 19.4. The Morgan fingerprint density at radius 1 is 1.12 bits per heavy atom. The van der Waals surface area contributed by atoms with E-state index in [1.54, 1.807) is 0 Å². The maximum Gasteiger partial charge on any atom is 0.327 e. The molecule has 0 rings (SSSR count). The van der Waals surface area contributed by atoms with Crippen LogP contribution in [0.5, 0.6) is 0 Å². The van der Waals surface area contributed by atoms with Crippen molar-refractivity contribution in [2.24, 2.45) is 5.92 Å². The van der Waals surface area contributed by atoms with Crippen molar-refractivity contribution in [3.05, 3.63) is 12.7 Å². The summed E-state index contributed by atoms with van der Waals surface area (Å²) in [7, 11) is 0. The van der Waals surface area contributed by atoms with E-state index in [4.69, 9.17) is 10.2 Å². The number of unbranched alkanes of at least 4 members (excludes halogenated alkanes) is 3. The third kappa shape index (κ3) is 25.2. The fourth-order valence-electron chi connectivity index (χ4n) is 1.18. The standard InChI is InChI=1S/C10H20O2.C3H4O2/c1-9(2)7-5-3-4-6-8-10(11)12;1-2-3(4)5/h9H,3-8H2,1-2H3,(H,11,12);2H,1H2,(H,4,5). The van der Waals surface area contributed by atoms with Crippen LogP contribution in [-0.2, 0) is 9.59 Å². The molecule has 0 amide bonds. The average Bonchev–Trinajstić information content (AvgIpc) is 2.23. The molecule has 0 aliphatic carbocycles. The van der Waals surface area contributed by atoms with E-state index in [2.05, 4.69) is 20.4 Å². The maximum absolute atomic E-state index is 10.1. The third-order valence-corrected chi connectivity index (χ3v) is 2.10. The van der Waals surface area contributed by atoms with Crippen LogP contribution < -0.4 is 0 Å². The molecule has 0 atom stereocenters. The van der Waals surface area contributed by atoms with Gasteiger partial charge in [-0.3, -0.25) is 4.79 Å². The molecule has 0 saturated carbocycles. The third-order valence-electron chi connectivity index (χ3n) is 2.10. The van der Waals surface area contributed by atoms with E-state index in [9.17, 15) is 9.59 Å². The number of carboxylic acid groups (broad SMARTS) is 2. The topological polar surface area (TPSA) is 74.6 Å². The van der Waals surface area contributed by atoms with Crippen LogP contribution in [0.15, 0.2) is 12.7 Å². The molecule has 0 aromatic carbocycles. The van der Waals surface area contributed by atoms with Gasteiger partial charge in [-0.2, -0.15) is 0 Å². The van der Waals surface area contributed by atoms with Gasteiger partial charge in [0, 0.05) is 12.5 Å². The summed E-state index contributed by atoms with van der Waals surface area (Å²) in [6, 6.07) is 0. The van der Waals surface area contributed by atoms with Crippen LogP contribution in [0, 0.1) is 5.92 Å². The Labute approximate surface area is 103 Å². The number of carboxylic acids is 2. The first kappa shape index (κ1) is 18.1. The van der Waals surface area contributed by atoms with Crippen LogP contribution in [0.4, 0.5) is 0 Å². The summed E-state index contributed by atoms with van der Waals surface area (Å²) in [5.41, 5.74) is 0. The largest absolute Gasteiger partial charge is 0.481 e. The molecule has 0 unspecified atom stereocenters. The Morgan fingerprint density at radius 3 is 1.94 bits per heavy atom. The summed E-state index contributed by atoms with van der Waals surface area (Å²) < 4.78 is 0. The molecule has 0 aromatic rings. The second-order valence-electron chi connectivity index (χ2n) is 4.28. The Bertz CT molecular complexity index is 221. The summed E-state index contributed by atoms with van der Waals surface area (Å²) in [5.74, 6) is -0.867. The predicted molar refractivity (Wildman–Crippen MR) is 68.0 cm³/mol. The van der Waals surface area contributed by atoms with Crippen LogP contribution in [0.25, 0.3) is 0 Å². The zero-order valence-corrected chi connectivity index (χ0v) is 10.8. The number of aliphatic carboxylic acids is 2. The molecule has 0 aliphatic rings. The molecule has 0 aromatic heterocycles. The first-order valence-corrected chi connectivity index (χ1v) is 5.97. The highest BCUT2D eigenvalue weighted by atomic mass is 16.4. The van der Waals surface area contributed by atoms with E-state index < -0.39 is 11.9 Å². The fourth-order valence-corrected chi connectivity index (χ4v) is 1.18. The van der Waals surface area contributed by atoms with E-state index in [0.29, 0.717) is 6.42 Å². The SMILES string of the molecule is C=CC(=O)O.CC(C)CCCCCCC(=O)O. The Morgan fingerprint density at radius 2 is 1.59 bits per heavy atom. The van der Waals surface area contributed by atoms with Gasteiger partial charge in [0.25, 0.3) is 0 Å². The van der Waals surface area contributed by atoms with Crippen molar-refractivity contribution in [2.45, 2.75) is 52.4 Å². The van der Waals surface area contributed by atoms with E-state index in [-0.39, 0.29) is 0 Å². The zero-order valence-electron chi connectivity index (χ0n) is 10.8. The van der Waals surface area contributed by atoms with E-state index >= 15 is 0 Å². The molecule has 0 saturated heterocycles. The first-order valence-electron chi connectivity index (χ1n) is 5.97. The van der Waals surface area contributed by atoms with Gasteiger partial charge in [-0.05, 0) is 12.3 Å². The second-order valence-corrected chi connectivity index (χ2v) is 4.28. The molecule has 0 bridgehead atoms. The van der Waals surface area contributed by atoms with E-state index in [1.807, 2.05) is 0 Å². The Kier molecular flexibility index (Phi) is 13.5. The lowest BCUT2D eigenvalue weighted by molar-refractivity contribution is -0.137. The second kappa shape index (κ2) is 12.7. The molecule has 0 fully saturated rings. The lowest BCUT2D eigenvalue weighted by atomic mass is 10.0. The number of hydrogen-bond acceptors (Lipinski definition) is 2. The highest BCUT2D eigenvalue weighted by Gasteiger charge is 1.97. The Balaban J connectivity index is 0. The molecular formula is C13H24O4. The minimum Gasteiger partial charge on any atom is -0.481 e. The molecule has 4 nitrogen and oxygen atoms in total. The van der Waals surface area contributed by atoms with Gasteiger partial charge < -0.3 is 10.2 Å². The summed E-state index contributed by atoms with van der Waals surface area (Å²) in [5, 5.41) is 16.0. The monoisotopic (exact) mass is 244 g/mol. The first-order chi connectivity index (χ1) is 7.90. The average molecular weight is 244 g/mol. The quantitative estimate of drug-likeness (QED) is 0.507. The fraction of sp³-hybridized carbons (Fsp3) is 0.692. The highest BCUT2D eigenvalue weighted by molar-refractivity contribution is 5.78. The van der Waals surface area contributed by atoms with Gasteiger partial charge in [0.2, 0.25) is 0 Å². The van der Waals surface area contributed by atoms with Gasteiger partial charge in [0.15, 0.2) is 0 Å². The lowest BCUT2D eigenvalue weighted by Crippen LogP contribution is -1.94. The van der Waals surface area contributed by atoms with Crippen molar-refractivity contribution < 1.29 is 19.8 Å². The van der Waals surface area contributed by atoms with Gasteiger partial charge in [-0.15, -0.1) is 0 Å². The van der Waals surface area contributed by atoms with Crippen molar-refractivity contribution in [1.29, 1.82) is 0 Å². The van der Waals surface area contributed by atoms with Crippen LogP contribution >= 0.6 is 0 Å². The van der Waals surface area contributed by atoms with Crippen molar-refractivity contribution in [3.63, 3.8) is 0 Å². The van der Waals surface area contributed by atoms with Gasteiger partial charge in [0.1, 0.15) is 0 Å². The van der Waals surface area contributed by atoms with Crippen LogP contribution in [-0.4, -0.2) is 22.2 Å². The highest BCUT2D eigenvalue weighted by Crippen LogP contribution is 2.10. The van der Waals surface area contributed by atoms with Crippen molar-refractivity contribution in [3.8, 4) is 0 Å². The smallest absolute Gasteiger partial charge is 0.327 e. The van der Waals surface area contributed by atoms with Crippen LogP contribution in [0.1, 0.15) is 52.4 Å². The molecular weight excluding hydrogens is 220 g/mol. The molecule has 0 radical (unpaired) electrons. The van der Waals surface area contributed by atoms with Crippen molar-refractivity contribution in [2.75, 3.05) is 0 Å². The maximum atomic E-state index is 10.1. The van der Waals surface area contributed by atoms with Gasteiger partial charge >= 0.3 is 11.9 Å². The Hall–Kier alpha value is -1.32. The molecule has 4 heteroatoms. The molecule has 0 aliphatic heterocycles. The number of hydrogen-bond donors (Lipinski definition) is 2. The normalized spacial score (nSPS) is 9.35. The van der Waals surface area contributed by atoms with Gasteiger partial charge in [-0.25, -0.2) is 4.79 Å². The van der Waals surface area contributed by atoms with Crippen LogP contribution in [0.3, 0.4) is 0 Å². The molecule has 2 N–H and O–H groups in total. The molecule has 100 valence electrons. The molecule has 17 heavy (non-hydrogen) atoms. The van der Waals surface area contributed by atoms with Crippen LogP contribution in [0.2, 0.25) is 0 Å². The minimum absolute atomic E-state index is 0.335. The van der Waals surface area contributed by atoms with E-state index in [0.717, 1.165) is 24.8 Å². The van der Waals surface area contributed by atoms with Crippen molar-refractivity contribution in [1.82, 2.24) is 0 Å². The number of carbonyl (C=O) groups is 2. The predicted octanol–water partition coefficient (Wildman–Crippen LogP) is 3.32. The van der Waals surface area contributed by atoms with Gasteiger partial charge in [-0.1, -0.05) is 46.1 Å². The number of rotatable bonds is 8. The van der Waals surface area contributed by atoms with Crippen molar-refractivity contribution >= 4 is 11.9 Å². The zero-order chi connectivity index (χ0) is 13.7. The van der Waals surface area contributed by atoms with Gasteiger partial charge in [0.05, 0.1) is 0 Å². The summed E-state index contributed by atoms with van der Waals surface area (Å²) >= 11 is 0. The summed E-state index contributed by atoms with van der Waals surface area (Å²) in [6.45, 7) is 7.40.